The second-order valence-electron chi connectivity index (χ2n) is 5.04. The van der Waals surface area contributed by atoms with Crippen molar-refractivity contribution in [1.29, 1.82) is 0 Å². The summed E-state index contributed by atoms with van der Waals surface area (Å²) in [5, 5.41) is -0.209. The quantitative estimate of drug-likeness (QED) is 0.469. The van der Waals surface area contributed by atoms with E-state index in [2.05, 4.69) is 0 Å². The van der Waals surface area contributed by atoms with Gasteiger partial charge >= 0.3 is 0 Å². The van der Waals surface area contributed by atoms with Gasteiger partial charge in [-0.1, -0.05) is 19.6 Å². The number of rotatable bonds is 4. The minimum atomic E-state index is -2.40. The summed E-state index contributed by atoms with van der Waals surface area (Å²) in [4.78, 5) is 10.7. The van der Waals surface area contributed by atoms with Crippen LogP contribution in [0.25, 0.3) is 0 Å². The molecule has 0 aromatic heterocycles. The average Bonchev–Trinajstić information content (AvgIpc) is 2.25. The van der Waals surface area contributed by atoms with Crippen molar-refractivity contribution in [2.45, 2.75) is 25.8 Å². The maximum Gasteiger partial charge on any atom is 0.157 e. The van der Waals surface area contributed by atoms with Crippen molar-refractivity contribution in [2.24, 2.45) is 0 Å². The molecule has 0 heterocycles. The smallest absolute Gasteiger partial charge is 0.157 e. The van der Waals surface area contributed by atoms with Crippen LogP contribution in [0.2, 0.25) is 19.6 Å². The molecule has 18 heavy (non-hydrogen) atoms. The zero-order valence-corrected chi connectivity index (χ0v) is 11.4. The van der Waals surface area contributed by atoms with Crippen LogP contribution in [0, 0.1) is 11.6 Å². The predicted octanol–water partition coefficient (Wildman–Crippen LogP) is 3.30. The summed E-state index contributed by atoms with van der Waals surface area (Å²) in [6, 6.07) is 0.779. The van der Waals surface area contributed by atoms with Gasteiger partial charge in [0.05, 0.1) is 8.07 Å². The van der Waals surface area contributed by atoms with E-state index in [9.17, 15) is 22.4 Å². The molecule has 0 aliphatic heterocycles. The number of hydrogen-bond donors (Lipinski definition) is 0. The molecule has 0 saturated heterocycles. The third kappa shape index (κ3) is 2.63. The van der Waals surface area contributed by atoms with E-state index in [1.165, 1.54) is 0 Å². The Balaban J connectivity index is 3.64. The van der Waals surface area contributed by atoms with Gasteiger partial charge < -0.3 is 0 Å². The zero-order valence-electron chi connectivity index (χ0n) is 10.4. The van der Waals surface area contributed by atoms with Crippen LogP contribution >= 0.6 is 0 Å². The van der Waals surface area contributed by atoms with E-state index in [4.69, 9.17) is 0 Å². The Labute approximate surface area is 104 Å². The maximum absolute atomic E-state index is 14.1. The molecule has 1 aromatic rings. The second kappa shape index (κ2) is 5.22. The van der Waals surface area contributed by atoms with Crippen molar-refractivity contribution in [3.63, 3.8) is 0 Å². The molecule has 1 nitrogen and oxygen atoms in total. The zero-order chi connectivity index (χ0) is 14.1. The lowest BCUT2D eigenvalue weighted by molar-refractivity contribution is 0.111. The SMILES string of the molecule is C[Si](C)(C)c1c(F)cc(C=O)c(C(F)CF)c1F. The van der Waals surface area contributed by atoms with Crippen LogP contribution in [-0.4, -0.2) is 21.0 Å². The molecule has 0 spiro atoms. The molecule has 1 aromatic carbocycles. The first kappa shape index (κ1) is 14.9. The third-order valence-corrected chi connectivity index (χ3v) is 4.57. The fraction of sp³-hybridized carbons (Fsp3) is 0.417. The molecule has 0 aliphatic rings. The number of alkyl halides is 2. The highest BCUT2D eigenvalue weighted by molar-refractivity contribution is 6.88. The minimum Gasteiger partial charge on any atom is -0.298 e. The number of aldehydes is 1. The number of benzene rings is 1. The van der Waals surface area contributed by atoms with Crippen LogP contribution in [0.5, 0.6) is 0 Å². The van der Waals surface area contributed by atoms with Gasteiger partial charge in [0.15, 0.2) is 12.5 Å². The number of halogens is 4. The molecule has 1 atom stereocenters. The molecular formula is C12H14F4OSi. The van der Waals surface area contributed by atoms with Gasteiger partial charge in [-0.15, -0.1) is 0 Å². The molecule has 100 valence electrons. The van der Waals surface area contributed by atoms with Crippen molar-refractivity contribution >= 4 is 19.5 Å². The molecular weight excluding hydrogens is 264 g/mol. The first-order chi connectivity index (χ1) is 8.23. The van der Waals surface area contributed by atoms with Gasteiger partial charge in [0, 0.05) is 16.3 Å². The summed E-state index contributed by atoms with van der Waals surface area (Å²) >= 11 is 0. The van der Waals surface area contributed by atoms with Crippen molar-refractivity contribution in [3.05, 3.63) is 28.8 Å². The Hall–Kier alpha value is -1.17. The molecule has 0 bridgehead atoms. The fourth-order valence-corrected chi connectivity index (χ4v) is 3.41. The van der Waals surface area contributed by atoms with Gasteiger partial charge in [-0.2, -0.15) is 0 Å². The first-order valence-electron chi connectivity index (χ1n) is 5.41. The molecule has 0 saturated carbocycles. The Morgan fingerprint density at radius 3 is 2.28 bits per heavy atom. The van der Waals surface area contributed by atoms with Gasteiger partial charge in [0.2, 0.25) is 0 Å². The Morgan fingerprint density at radius 2 is 1.89 bits per heavy atom. The number of carbonyl (C=O) groups excluding carboxylic acids is 1. The predicted molar refractivity (Wildman–Crippen MR) is 64.5 cm³/mol. The lowest BCUT2D eigenvalue weighted by Gasteiger charge is -2.21. The maximum atomic E-state index is 14.1. The van der Waals surface area contributed by atoms with Crippen LogP contribution in [0.3, 0.4) is 0 Å². The van der Waals surface area contributed by atoms with E-state index in [0.29, 0.717) is 0 Å². The Morgan fingerprint density at radius 1 is 1.33 bits per heavy atom. The highest BCUT2D eigenvalue weighted by Crippen LogP contribution is 2.26. The van der Waals surface area contributed by atoms with E-state index in [1.807, 2.05) is 0 Å². The van der Waals surface area contributed by atoms with Crippen molar-refractivity contribution < 1.29 is 22.4 Å². The van der Waals surface area contributed by atoms with Crippen LogP contribution < -0.4 is 5.19 Å². The van der Waals surface area contributed by atoms with Gasteiger partial charge in [-0.3, -0.25) is 4.79 Å². The monoisotopic (exact) mass is 278 g/mol. The van der Waals surface area contributed by atoms with Gasteiger partial charge in [0.25, 0.3) is 0 Å². The summed E-state index contributed by atoms with van der Waals surface area (Å²) in [5.74, 6) is -2.00. The lowest BCUT2D eigenvalue weighted by Crippen LogP contribution is -2.43. The van der Waals surface area contributed by atoms with E-state index in [-0.39, 0.29) is 11.5 Å². The highest BCUT2D eigenvalue weighted by atomic mass is 28.3. The molecule has 0 aliphatic carbocycles. The van der Waals surface area contributed by atoms with E-state index in [1.54, 1.807) is 19.6 Å². The van der Waals surface area contributed by atoms with Crippen molar-refractivity contribution in [1.82, 2.24) is 0 Å². The Kier molecular flexibility index (Phi) is 4.31. The van der Waals surface area contributed by atoms with Crippen LogP contribution in [0.4, 0.5) is 17.6 Å². The van der Waals surface area contributed by atoms with Crippen molar-refractivity contribution in [2.75, 3.05) is 6.67 Å². The summed E-state index contributed by atoms with van der Waals surface area (Å²) in [6.07, 6.45) is -2.11. The molecule has 0 fully saturated rings. The van der Waals surface area contributed by atoms with E-state index in [0.717, 1.165) is 6.07 Å². The second-order valence-corrected chi connectivity index (χ2v) is 10.0. The number of carbonyl (C=O) groups is 1. The summed E-state index contributed by atoms with van der Waals surface area (Å²) < 4.78 is 53.7. The van der Waals surface area contributed by atoms with Gasteiger partial charge in [-0.25, -0.2) is 17.6 Å². The molecule has 1 unspecified atom stereocenters. The molecule has 0 radical (unpaired) electrons. The molecule has 1 rings (SSSR count). The standard InChI is InChI=1S/C12H14F4OSi/c1-18(2,3)12-8(14)4-7(6-17)10(11(12)16)9(15)5-13/h4,6,9H,5H2,1-3H3. The topological polar surface area (TPSA) is 17.1 Å². The number of hydrogen-bond acceptors (Lipinski definition) is 1. The van der Waals surface area contributed by atoms with Crippen molar-refractivity contribution in [3.8, 4) is 0 Å². The normalized spacial score (nSPS) is 13.5. The minimum absolute atomic E-state index is 0.137. The summed E-state index contributed by atoms with van der Waals surface area (Å²) in [5.41, 5.74) is -1.15. The van der Waals surface area contributed by atoms with Gasteiger partial charge in [-0.05, 0) is 6.07 Å². The van der Waals surface area contributed by atoms with Crippen LogP contribution in [0.15, 0.2) is 6.07 Å². The first-order valence-corrected chi connectivity index (χ1v) is 8.91. The average molecular weight is 278 g/mol. The van der Waals surface area contributed by atoms with Crippen LogP contribution in [0.1, 0.15) is 22.1 Å². The van der Waals surface area contributed by atoms with Crippen LogP contribution in [-0.2, 0) is 0 Å². The molecule has 6 heteroatoms. The van der Waals surface area contributed by atoms with E-state index >= 15 is 0 Å². The highest BCUT2D eigenvalue weighted by Gasteiger charge is 2.31. The lowest BCUT2D eigenvalue weighted by atomic mass is 10.0. The molecule has 0 N–H and O–H groups in total. The summed E-state index contributed by atoms with van der Waals surface area (Å²) in [6.45, 7) is 3.60. The Bertz CT molecular complexity index is 468. The van der Waals surface area contributed by atoms with Gasteiger partial charge in [0.1, 0.15) is 18.3 Å². The fourth-order valence-electron chi connectivity index (χ4n) is 1.83. The van der Waals surface area contributed by atoms with E-state index < -0.39 is 43.7 Å². The summed E-state index contributed by atoms with van der Waals surface area (Å²) in [7, 11) is -2.40. The third-order valence-electron chi connectivity index (χ3n) is 2.61. The molecule has 0 amide bonds. The largest absolute Gasteiger partial charge is 0.298 e.